The topological polar surface area (TPSA) is 84.0 Å². The number of aromatic nitrogens is 3. The number of nitrogens with zero attached hydrogens (tertiary/aromatic N) is 2. The van der Waals surface area contributed by atoms with E-state index in [0.29, 0.717) is 35.1 Å². The van der Waals surface area contributed by atoms with Crippen LogP contribution in [0.1, 0.15) is 28.3 Å². The first-order valence-electron chi connectivity index (χ1n) is 10.2. The number of aromatic amines is 1. The van der Waals surface area contributed by atoms with Crippen LogP contribution in [0, 0.1) is 12.7 Å². The zero-order chi connectivity index (χ0) is 22.2. The van der Waals surface area contributed by atoms with Crippen molar-refractivity contribution in [1.29, 1.82) is 0 Å². The molecule has 160 valence electrons. The lowest BCUT2D eigenvalue weighted by Gasteiger charge is -2.14. The van der Waals surface area contributed by atoms with Crippen molar-refractivity contribution in [2.45, 2.75) is 19.8 Å². The first kappa shape index (κ1) is 19.8. The number of aromatic hydroxyl groups is 1. The summed E-state index contributed by atoms with van der Waals surface area (Å²) in [5, 5.41) is 9.83. The van der Waals surface area contributed by atoms with Crippen LogP contribution in [0.4, 0.5) is 4.39 Å². The Kier molecular flexibility index (Phi) is 4.86. The van der Waals surface area contributed by atoms with Gasteiger partial charge in [0.1, 0.15) is 11.5 Å². The summed E-state index contributed by atoms with van der Waals surface area (Å²) in [5.41, 5.74) is 3.38. The van der Waals surface area contributed by atoms with Gasteiger partial charge in [0.2, 0.25) is 0 Å². The number of nitrogens with one attached hydrogen (secondary N) is 1. The predicted octanol–water partition coefficient (Wildman–Crippen LogP) is 4.59. The van der Waals surface area contributed by atoms with Gasteiger partial charge in [-0.25, -0.2) is 9.37 Å². The lowest BCUT2D eigenvalue weighted by Crippen LogP contribution is -2.18. The lowest BCUT2D eigenvalue weighted by molar-refractivity contribution is 0.433. The first-order valence-corrected chi connectivity index (χ1v) is 10.2. The van der Waals surface area contributed by atoms with Crippen molar-refractivity contribution in [2.24, 2.45) is 0 Å². The molecule has 0 atom stereocenters. The molecule has 2 aliphatic heterocycles. The number of halogens is 1. The van der Waals surface area contributed by atoms with Crippen molar-refractivity contribution < 1.29 is 13.9 Å². The maximum atomic E-state index is 14.7. The summed E-state index contributed by atoms with van der Waals surface area (Å²) in [7, 11) is 0. The summed E-state index contributed by atoms with van der Waals surface area (Å²) < 4.78 is 21.5. The average molecular weight is 429 g/mol. The predicted molar refractivity (Wildman–Crippen MR) is 118 cm³/mol. The van der Waals surface area contributed by atoms with Crippen LogP contribution in [0.15, 0.2) is 76.3 Å². The number of H-pyrrole nitrogens is 1. The zero-order valence-corrected chi connectivity index (χ0v) is 17.3. The van der Waals surface area contributed by atoms with E-state index in [9.17, 15) is 14.3 Å². The molecule has 0 amide bonds. The van der Waals surface area contributed by atoms with Gasteiger partial charge in [0.05, 0.1) is 24.1 Å². The molecule has 0 saturated heterocycles. The minimum absolute atomic E-state index is 0.165. The fraction of sp³-hybridized carbons (Fsp3) is 0.120. The second-order valence-electron chi connectivity index (χ2n) is 7.76. The Hall–Kier alpha value is -4.13. The van der Waals surface area contributed by atoms with E-state index in [2.05, 4.69) is 16.0 Å². The molecular formula is C25H20FN3O3. The number of hydrogen-bond donors (Lipinski definition) is 2. The molecule has 2 aromatic carbocycles. The van der Waals surface area contributed by atoms with E-state index in [1.54, 1.807) is 30.5 Å². The fourth-order valence-corrected chi connectivity index (χ4v) is 3.88. The molecule has 0 saturated carbocycles. The highest BCUT2D eigenvalue weighted by Gasteiger charge is 2.22. The average Bonchev–Trinajstić information content (AvgIpc) is 3.39. The minimum Gasteiger partial charge on any atom is -0.505 e. The van der Waals surface area contributed by atoms with Gasteiger partial charge in [-0.15, -0.1) is 0 Å². The molecule has 32 heavy (non-hydrogen) atoms. The number of furan rings is 1. The number of fused-ring (bicyclic) bond motifs is 1. The molecule has 2 N–H and O–H groups in total. The third-order valence-corrected chi connectivity index (χ3v) is 5.40. The molecule has 7 heteroatoms. The van der Waals surface area contributed by atoms with Crippen LogP contribution in [0.25, 0.3) is 17.1 Å². The van der Waals surface area contributed by atoms with E-state index in [0.717, 1.165) is 11.1 Å². The summed E-state index contributed by atoms with van der Waals surface area (Å²) in [6, 6.07) is 16.0. The molecule has 0 spiro atoms. The van der Waals surface area contributed by atoms with E-state index in [4.69, 9.17) is 4.42 Å². The minimum atomic E-state index is -0.757. The molecule has 3 aromatic rings. The maximum absolute atomic E-state index is 14.7. The van der Waals surface area contributed by atoms with Crippen LogP contribution >= 0.6 is 0 Å². The van der Waals surface area contributed by atoms with E-state index >= 15 is 0 Å². The smallest absolute Gasteiger partial charge is 0.278 e. The second kappa shape index (κ2) is 7.85. The summed E-state index contributed by atoms with van der Waals surface area (Å²) >= 11 is 0. The Balaban J connectivity index is 1.69. The Morgan fingerprint density at radius 1 is 1.12 bits per heavy atom. The first-order chi connectivity index (χ1) is 15.5. The SMILES string of the molecule is Cc1cccc(Cc2[nH]c(-c3cccc(O)c3F)cn3c(=O)c(Cc4ccco4)nc2-3)c1. The highest BCUT2D eigenvalue weighted by atomic mass is 19.1. The van der Waals surface area contributed by atoms with Crippen molar-refractivity contribution >= 4 is 0 Å². The Labute approximate surface area is 183 Å². The van der Waals surface area contributed by atoms with Gasteiger partial charge < -0.3 is 14.5 Å². The Morgan fingerprint density at radius 2 is 1.97 bits per heavy atom. The van der Waals surface area contributed by atoms with Gasteiger partial charge in [0.15, 0.2) is 17.4 Å². The molecule has 6 nitrogen and oxygen atoms in total. The number of rotatable bonds is 5. The van der Waals surface area contributed by atoms with E-state index in [1.165, 1.54) is 16.8 Å². The summed E-state index contributed by atoms with van der Waals surface area (Å²) in [6.45, 7) is 2.01. The van der Waals surface area contributed by atoms with Gasteiger partial charge in [0.25, 0.3) is 5.56 Å². The van der Waals surface area contributed by atoms with E-state index < -0.39 is 11.6 Å². The second-order valence-corrected chi connectivity index (χ2v) is 7.76. The summed E-state index contributed by atoms with van der Waals surface area (Å²) in [4.78, 5) is 21.0. The number of phenolic OH excluding ortho intramolecular Hbond substituents is 1. The molecule has 2 aliphatic rings. The number of aryl methyl sites for hydroxylation is 1. The van der Waals surface area contributed by atoms with E-state index in [1.807, 2.05) is 25.1 Å². The van der Waals surface area contributed by atoms with Crippen LogP contribution in [0.5, 0.6) is 5.75 Å². The highest BCUT2D eigenvalue weighted by Crippen LogP contribution is 2.29. The van der Waals surface area contributed by atoms with Gasteiger partial charge in [0, 0.05) is 18.2 Å². The van der Waals surface area contributed by atoms with Crippen LogP contribution in [0.3, 0.4) is 0 Å². The molecule has 0 unspecified atom stereocenters. The van der Waals surface area contributed by atoms with Crippen molar-refractivity contribution in [3.63, 3.8) is 0 Å². The Bertz CT molecular complexity index is 1430. The number of benzene rings is 2. The molecule has 0 aliphatic carbocycles. The van der Waals surface area contributed by atoms with Crippen LogP contribution in [0.2, 0.25) is 0 Å². The molecule has 0 bridgehead atoms. The van der Waals surface area contributed by atoms with Crippen LogP contribution < -0.4 is 5.56 Å². The largest absolute Gasteiger partial charge is 0.505 e. The monoisotopic (exact) mass is 429 g/mol. The lowest BCUT2D eigenvalue weighted by atomic mass is 10.1. The number of phenols is 1. The highest BCUT2D eigenvalue weighted by molar-refractivity contribution is 5.63. The molecule has 5 rings (SSSR count). The van der Waals surface area contributed by atoms with Crippen molar-refractivity contribution in [2.75, 3.05) is 0 Å². The number of imidazole rings is 1. The van der Waals surface area contributed by atoms with Crippen molar-refractivity contribution in [1.82, 2.24) is 14.5 Å². The maximum Gasteiger partial charge on any atom is 0.278 e. The third kappa shape index (κ3) is 3.58. The van der Waals surface area contributed by atoms with Gasteiger partial charge >= 0.3 is 0 Å². The zero-order valence-electron chi connectivity index (χ0n) is 17.3. The van der Waals surface area contributed by atoms with Crippen molar-refractivity contribution in [3.05, 3.63) is 112 Å². The molecule has 3 heterocycles. The van der Waals surface area contributed by atoms with Crippen LogP contribution in [-0.4, -0.2) is 19.6 Å². The van der Waals surface area contributed by atoms with Gasteiger partial charge in [-0.05, 0) is 36.8 Å². The molecule has 0 radical (unpaired) electrons. The van der Waals surface area contributed by atoms with Gasteiger partial charge in [-0.1, -0.05) is 35.9 Å². The number of hydrogen-bond acceptors (Lipinski definition) is 4. The van der Waals surface area contributed by atoms with Gasteiger partial charge in [-0.3, -0.25) is 9.36 Å². The summed E-state index contributed by atoms with van der Waals surface area (Å²) in [5.74, 6) is -0.105. The normalized spacial score (nSPS) is 11.3. The quantitative estimate of drug-likeness (QED) is 0.428. The fourth-order valence-electron chi connectivity index (χ4n) is 3.88. The standard InChI is InChI=1S/C25H20FN3O3/c1-15-5-2-6-16(11-15)12-19-24-28-20(13-17-7-4-10-32-17)25(31)29(24)14-21(27-19)18-8-3-9-22(30)23(18)26/h2-11,14,27,30H,12-13H2,1H3. The Morgan fingerprint density at radius 3 is 2.75 bits per heavy atom. The molecule has 0 fully saturated rings. The summed E-state index contributed by atoms with van der Waals surface area (Å²) in [6.07, 6.45) is 3.80. The van der Waals surface area contributed by atoms with Crippen LogP contribution in [-0.2, 0) is 12.8 Å². The molecule has 1 aromatic heterocycles. The van der Waals surface area contributed by atoms with Crippen molar-refractivity contribution in [3.8, 4) is 22.8 Å². The van der Waals surface area contributed by atoms with Gasteiger partial charge in [-0.2, -0.15) is 0 Å². The third-order valence-electron chi connectivity index (χ3n) is 5.40. The molecular weight excluding hydrogens is 409 g/mol. The van der Waals surface area contributed by atoms with E-state index in [-0.39, 0.29) is 17.5 Å².